The van der Waals surface area contributed by atoms with Crippen LogP contribution in [0.5, 0.6) is 5.75 Å². The molecule has 0 aromatic heterocycles. The van der Waals surface area contributed by atoms with Crippen LogP contribution in [-0.4, -0.2) is 54.7 Å². The monoisotopic (exact) mass is 323 g/mol. The van der Waals surface area contributed by atoms with E-state index in [2.05, 4.69) is 5.10 Å². The Hall–Kier alpha value is -2.08. The fourth-order valence-corrected chi connectivity index (χ4v) is 2.19. The highest BCUT2D eigenvalue weighted by molar-refractivity contribution is 6.39. The number of likely N-dealkylation sites (N-methyl/N-ethyl adjacent to an activating group) is 1. The topological polar surface area (TPSA) is 62.2 Å². The second-order valence-corrected chi connectivity index (χ2v) is 5.38. The Kier molecular flexibility index (Phi) is 5.38. The third kappa shape index (κ3) is 3.98. The van der Waals surface area contributed by atoms with E-state index >= 15 is 0 Å². The molecule has 0 aliphatic carbocycles. The van der Waals surface area contributed by atoms with Gasteiger partial charge < -0.3 is 9.64 Å². The van der Waals surface area contributed by atoms with Crippen molar-refractivity contribution in [2.75, 3.05) is 27.2 Å². The number of benzene rings is 1. The van der Waals surface area contributed by atoms with Crippen LogP contribution in [0.15, 0.2) is 29.4 Å². The summed E-state index contributed by atoms with van der Waals surface area (Å²) in [7, 11) is 3.23. The lowest BCUT2D eigenvalue weighted by Gasteiger charge is -2.23. The maximum absolute atomic E-state index is 12.2. The highest BCUT2D eigenvalue weighted by Crippen LogP contribution is 2.22. The first-order valence-corrected chi connectivity index (χ1v) is 7.33. The molecule has 0 bridgehead atoms. The lowest BCUT2D eigenvalue weighted by atomic mass is 10.1. The van der Waals surface area contributed by atoms with Crippen molar-refractivity contribution in [3.8, 4) is 5.75 Å². The van der Waals surface area contributed by atoms with E-state index in [0.717, 1.165) is 0 Å². The van der Waals surface area contributed by atoms with Crippen LogP contribution in [0, 0.1) is 0 Å². The molecule has 0 spiro atoms. The molecule has 7 heteroatoms. The summed E-state index contributed by atoms with van der Waals surface area (Å²) in [5.41, 5.74) is 0.391. The van der Waals surface area contributed by atoms with E-state index in [4.69, 9.17) is 16.3 Å². The van der Waals surface area contributed by atoms with Crippen LogP contribution in [0.3, 0.4) is 0 Å². The molecule has 0 saturated heterocycles. The van der Waals surface area contributed by atoms with Gasteiger partial charge in [-0.1, -0.05) is 23.7 Å². The zero-order valence-electron chi connectivity index (χ0n) is 12.6. The molecule has 118 valence electrons. The summed E-state index contributed by atoms with van der Waals surface area (Å²) in [5.74, 6) is 0.314. The number of nitrogens with zero attached hydrogens (tertiary/aromatic N) is 3. The van der Waals surface area contributed by atoms with Crippen molar-refractivity contribution in [1.82, 2.24) is 9.91 Å². The van der Waals surface area contributed by atoms with Gasteiger partial charge in [0.05, 0.1) is 11.6 Å². The van der Waals surface area contributed by atoms with Crippen LogP contribution in [0.25, 0.3) is 0 Å². The predicted octanol–water partition coefficient (Wildman–Crippen LogP) is 1.79. The van der Waals surface area contributed by atoms with Gasteiger partial charge in [0.15, 0.2) is 0 Å². The Morgan fingerprint density at radius 1 is 1.41 bits per heavy atom. The van der Waals surface area contributed by atoms with E-state index in [9.17, 15) is 9.59 Å². The van der Waals surface area contributed by atoms with Crippen LogP contribution in [0.4, 0.5) is 0 Å². The number of para-hydroxylation sites is 1. The summed E-state index contributed by atoms with van der Waals surface area (Å²) < 4.78 is 5.55. The highest BCUT2D eigenvalue weighted by Gasteiger charge is 2.24. The Morgan fingerprint density at radius 3 is 2.82 bits per heavy atom. The highest BCUT2D eigenvalue weighted by atomic mass is 35.5. The quantitative estimate of drug-likeness (QED) is 0.830. The van der Waals surface area contributed by atoms with E-state index in [0.29, 0.717) is 42.5 Å². The van der Waals surface area contributed by atoms with Crippen molar-refractivity contribution in [2.45, 2.75) is 12.8 Å². The Bertz CT molecular complexity index is 603. The summed E-state index contributed by atoms with van der Waals surface area (Å²) >= 11 is 5.99. The SMILES string of the molecule is CN(CCOc1ccccc1Cl)C(=O)C1=NN(C)C(=O)CC1. The summed E-state index contributed by atoms with van der Waals surface area (Å²) in [6, 6.07) is 7.18. The molecule has 0 atom stereocenters. The second kappa shape index (κ2) is 7.26. The zero-order chi connectivity index (χ0) is 16.1. The summed E-state index contributed by atoms with van der Waals surface area (Å²) in [6.07, 6.45) is 0.683. The van der Waals surface area contributed by atoms with Gasteiger partial charge in [0.2, 0.25) is 5.91 Å². The largest absolute Gasteiger partial charge is 0.490 e. The molecule has 1 aliphatic heterocycles. The van der Waals surface area contributed by atoms with E-state index in [1.165, 1.54) is 9.91 Å². The molecule has 0 unspecified atom stereocenters. The smallest absolute Gasteiger partial charge is 0.269 e. The lowest BCUT2D eigenvalue weighted by Crippen LogP contribution is -2.40. The van der Waals surface area contributed by atoms with Crippen molar-refractivity contribution in [2.24, 2.45) is 5.10 Å². The molecule has 0 N–H and O–H groups in total. The molecule has 2 rings (SSSR count). The van der Waals surface area contributed by atoms with Crippen molar-refractivity contribution >= 4 is 29.1 Å². The van der Waals surface area contributed by atoms with Crippen LogP contribution in [0.2, 0.25) is 5.02 Å². The summed E-state index contributed by atoms with van der Waals surface area (Å²) in [4.78, 5) is 25.1. The summed E-state index contributed by atoms with van der Waals surface area (Å²) in [6.45, 7) is 0.731. The summed E-state index contributed by atoms with van der Waals surface area (Å²) in [5, 5.41) is 5.76. The lowest BCUT2D eigenvalue weighted by molar-refractivity contribution is -0.130. The fourth-order valence-electron chi connectivity index (χ4n) is 2.00. The minimum atomic E-state index is -0.192. The first-order chi connectivity index (χ1) is 10.5. The molecule has 2 amide bonds. The van der Waals surface area contributed by atoms with Gasteiger partial charge in [-0.2, -0.15) is 5.10 Å². The molecular weight excluding hydrogens is 306 g/mol. The Labute approximate surface area is 134 Å². The second-order valence-electron chi connectivity index (χ2n) is 4.97. The van der Waals surface area contributed by atoms with Gasteiger partial charge in [0.1, 0.15) is 18.1 Å². The van der Waals surface area contributed by atoms with Crippen LogP contribution >= 0.6 is 11.6 Å². The molecule has 0 saturated carbocycles. The predicted molar refractivity (Wildman–Crippen MR) is 84.0 cm³/mol. The molecule has 22 heavy (non-hydrogen) atoms. The number of ether oxygens (including phenoxy) is 1. The third-order valence-corrected chi connectivity index (χ3v) is 3.63. The van der Waals surface area contributed by atoms with E-state index < -0.39 is 0 Å². The number of hydrazone groups is 1. The number of hydrogen-bond donors (Lipinski definition) is 0. The van der Waals surface area contributed by atoms with Crippen LogP contribution < -0.4 is 4.74 Å². The number of halogens is 1. The van der Waals surface area contributed by atoms with E-state index in [1.807, 2.05) is 12.1 Å². The molecule has 1 aromatic carbocycles. The van der Waals surface area contributed by atoms with Gasteiger partial charge in [0.25, 0.3) is 5.91 Å². The molecule has 1 aromatic rings. The first kappa shape index (κ1) is 16.3. The molecular formula is C15H18ClN3O3. The standard InChI is InChI=1S/C15H18ClN3O3/c1-18(9-10-22-13-6-4-3-5-11(13)16)15(21)12-7-8-14(20)19(2)17-12/h3-6H,7-10H2,1-2H3. The third-order valence-electron chi connectivity index (χ3n) is 3.32. The Balaban J connectivity index is 1.86. The molecule has 6 nitrogen and oxygen atoms in total. The first-order valence-electron chi connectivity index (χ1n) is 6.96. The fraction of sp³-hybridized carbons (Fsp3) is 0.400. The maximum Gasteiger partial charge on any atom is 0.269 e. The minimum Gasteiger partial charge on any atom is -0.490 e. The van der Waals surface area contributed by atoms with Gasteiger partial charge in [-0.25, -0.2) is 5.01 Å². The average Bonchev–Trinajstić information content (AvgIpc) is 2.51. The van der Waals surface area contributed by atoms with Gasteiger partial charge in [-0.3, -0.25) is 9.59 Å². The molecule has 1 heterocycles. The van der Waals surface area contributed by atoms with Crippen molar-refractivity contribution in [3.63, 3.8) is 0 Å². The minimum absolute atomic E-state index is 0.0822. The van der Waals surface area contributed by atoms with Gasteiger partial charge in [-0.05, 0) is 12.1 Å². The molecule has 1 aliphatic rings. The number of carbonyl (C=O) groups excluding carboxylic acids is 2. The van der Waals surface area contributed by atoms with Gasteiger partial charge in [-0.15, -0.1) is 0 Å². The average molecular weight is 324 g/mol. The molecule has 0 radical (unpaired) electrons. The van der Waals surface area contributed by atoms with Crippen molar-refractivity contribution in [1.29, 1.82) is 0 Å². The molecule has 0 fully saturated rings. The van der Waals surface area contributed by atoms with Crippen molar-refractivity contribution < 1.29 is 14.3 Å². The number of hydrogen-bond acceptors (Lipinski definition) is 4. The van der Waals surface area contributed by atoms with Crippen molar-refractivity contribution in [3.05, 3.63) is 29.3 Å². The van der Waals surface area contributed by atoms with Crippen LogP contribution in [0.1, 0.15) is 12.8 Å². The Morgan fingerprint density at radius 2 is 2.14 bits per heavy atom. The zero-order valence-corrected chi connectivity index (χ0v) is 13.3. The van der Waals surface area contributed by atoms with Crippen LogP contribution in [-0.2, 0) is 9.59 Å². The van der Waals surface area contributed by atoms with Gasteiger partial charge >= 0.3 is 0 Å². The van der Waals surface area contributed by atoms with E-state index in [-0.39, 0.29) is 11.8 Å². The van der Waals surface area contributed by atoms with Gasteiger partial charge in [0, 0.05) is 26.9 Å². The normalized spacial score (nSPS) is 14.6. The number of amides is 2. The number of carbonyl (C=O) groups is 2. The van der Waals surface area contributed by atoms with E-state index in [1.54, 1.807) is 26.2 Å². The maximum atomic E-state index is 12.2. The number of rotatable bonds is 5.